The summed E-state index contributed by atoms with van der Waals surface area (Å²) in [6.45, 7) is 0. The van der Waals surface area contributed by atoms with Crippen LogP contribution in [-0.2, 0) is 0 Å². The number of hydrogen-bond acceptors (Lipinski definition) is 5. The number of nitrogens with zero attached hydrogens (tertiary/aromatic N) is 2. The highest BCUT2D eigenvalue weighted by molar-refractivity contribution is 6.12. The molecule has 0 amide bonds. The summed E-state index contributed by atoms with van der Waals surface area (Å²) in [4.78, 5) is 10.4. The lowest BCUT2D eigenvalue weighted by atomic mass is 10.00. The van der Waals surface area contributed by atoms with Gasteiger partial charge in [0.1, 0.15) is 39.1 Å². The second-order valence-electron chi connectivity index (χ2n) is 12.9. The van der Waals surface area contributed by atoms with Gasteiger partial charge in [0.15, 0.2) is 11.4 Å². The first kappa shape index (κ1) is 27.9. The van der Waals surface area contributed by atoms with Gasteiger partial charge in [-0.3, -0.25) is 0 Å². The van der Waals surface area contributed by atoms with Gasteiger partial charge < -0.3 is 13.3 Å². The highest BCUT2D eigenvalue weighted by Crippen LogP contribution is 2.41. The van der Waals surface area contributed by atoms with Gasteiger partial charge in [-0.25, -0.2) is 9.97 Å². The van der Waals surface area contributed by atoms with Crippen molar-refractivity contribution in [2.24, 2.45) is 0 Å². The SMILES string of the molecule is c1ccc(-c2ccc3oc4c(-c5ccccc5)nc(-c5cccc6c5oc5ccc(-c7ccc8oc9ccccc9c8c7)cc56)nc4c3c2)cc1. The summed E-state index contributed by atoms with van der Waals surface area (Å²) < 4.78 is 19.2. The number of furan rings is 3. The average Bonchev–Trinajstić information content (AvgIpc) is 3.88. The molecule has 0 aliphatic rings. The largest absolute Gasteiger partial charge is 0.456 e. The molecule has 11 aromatic rings. The Labute approximate surface area is 291 Å². The summed E-state index contributed by atoms with van der Waals surface area (Å²) in [5.41, 5.74) is 12.5. The molecule has 0 spiro atoms. The molecule has 11 rings (SSSR count). The van der Waals surface area contributed by atoms with Gasteiger partial charge in [0.2, 0.25) is 0 Å². The molecule has 0 bridgehead atoms. The minimum atomic E-state index is 0.580. The minimum absolute atomic E-state index is 0.580. The summed E-state index contributed by atoms with van der Waals surface area (Å²) in [6, 6.07) is 53.9. The van der Waals surface area contributed by atoms with Crippen LogP contribution in [0.3, 0.4) is 0 Å². The third-order valence-corrected chi connectivity index (χ3v) is 9.91. The molecule has 0 saturated heterocycles. The monoisotopic (exact) mass is 654 g/mol. The molecule has 7 aromatic carbocycles. The number of benzene rings is 7. The van der Waals surface area contributed by atoms with Crippen molar-refractivity contribution in [3.05, 3.63) is 158 Å². The maximum absolute atomic E-state index is 6.63. The van der Waals surface area contributed by atoms with E-state index in [4.69, 9.17) is 23.2 Å². The van der Waals surface area contributed by atoms with Crippen molar-refractivity contribution in [3.63, 3.8) is 0 Å². The number of aromatic nitrogens is 2. The van der Waals surface area contributed by atoms with Crippen molar-refractivity contribution >= 4 is 65.9 Å². The molecule has 5 heteroatoms. The number of hydrogen-bond donors (Lipinski definition) is 0. The van der Waals surface area contributed by atoms with Crippen LogP contribution >= 0.6 is 0 Å². The van der Waals surface area contributed by atoms with Gasteiger partial charge in [-0.15, -0.1) is 0 Å². The van der Waals surface area contributed by atoms with E-state index in [1.54, 1.807) is 0 Å². The van der Waals surface area contributed by atoms with Gasteiger partial charge in [0.05, 0.1) is 5.56 Å². The van der Waals surface area contributed by atoms with Crippen LogP contribution in [-0.4, -0.2) is 9.97 Å². The van der Waals surface area contributed by atoms with E-state index in [2.05, 4.69) is 103 Å². The molecule has 5 nitrogen and oxygen atoms in total. The fraction of sp³-hybridized carbons (Fsp3) is 0. The minimum Gasteiger partial charge on any atom is -0.456 e. The zero-order valence-corrected chi connectivity index (χ0v) is 27.1. The van der Waals surface area contributed by atoms with Gasteiger partial charge in [-0.1, -0.05) is 109 Å². The van der Waals surface area contributed by atoms with Crippen LogP contribution in [0.2, 0.25) is 0 Å². The van der Waals surface area contributed by atoms with Gasteiger partial charge in [-0.05, 0) is 70.8 Å². The molecule has 0 unspecified atom stereocenters. The fourth-order valence-electron chi connectivity index (χ4n) is 7.43. The average molecular weight is 655 g/mol. The molecule has 0 atom stereocenters. The Morgan fingerprint density at radius 3 is 1.65 bits per heavy atom. The summed E-state index contributed by atoms with van der Waals surface area (Å²) in [6.07, 6.45) is 0. The molecule has 0 aliphatic carbocycles. The fourth-order valence-corrected chi connectivity index (χ4v) is 7.43. The highest BCUT2D eigenvalue weighted by Gasteiger charge is 2.21. The Balaban J connectivity index is 1.11. The lowest BCUT2D eigenvalue weighted by Gasteiger charge is -2.07. The molecular formula is C46H26N2O3. The summed E-state index contributed by atoms with van der Waals surface area (Å²) in [5, 5.41) is 5.20. The van der Waals surface area contributed by atoms with E-state index < -0.39 is 0 Å². The van der Waals surface area contributed by atoms with Crippen molar-refractivity contribution in [1.29, 1.82) is 0 Å². The van der Waals surface area contributed by atoms with E-state index in [0.29, 0.717) is 11.4 Å². The molecule has 0 aliphatic heterocycles. The molecule has 4 aromatic heterocycles. The predicted octanol–water partition coefficient (Wildman–Crippen LogP) is 12.8. The first-order valence-corrected chi connectivity index (χ1v) is 17.0. The Hall–Kier alpha value is -6.98. The summed E-state index contributed by atoms with van der Waals surface area (Å²) >= 11 is 0. The maximum Gasteiger partial charge on any atom is 0.180 e. The smallest absolute Gasteiger partial charge is 0.180 e. The lowest BCUT2D eigenvalue weighted by Crippen LogP contribution is -1.94. The second-order valence-corrected chi connectivity index (χ2v) is 12.9. The molecular weight excluding hydrogens is 629 g/mol. The first-order valence-electron chi connectivity index (χ1n) is 17.0. The normalized spacial score (nSPS) is 11.9. The quantitative estimate of drug-likeness (QED) is 0.189. The van der Waals surface area contributed by atoms with Crippen molar-refractivity contribution in [2.75, 3.05) is 0 Å². The van der Waals surface area contributed by atoms with E-state index in [9.17, 15) is 0 Å². The van der Waals surface area contributed by atoms with Gasteiger partial charge in [0.25, 0.3) is 0 Å². The molecule has 0 N–H and O–H groups in total. The molecule has 0 radical (unpaired) electrons. The summed E-state index contributed by atoms with van der Waals surface area (Å²) in [5.74, 6) is 0.580. The molecule has 0 fully saturated rings. The second kappa shape index (κ2) is 10.8. The van der Waals surface area contributed by atoms with Crippen LogP contribution in [0.4, 0.5) is 0 Å². The standard InChI is InChI=1S/C46H26N2O3/c1-3-10-27(11-4-1)29-18-23-41-37(26-29)43-45(51-41)42(28-12-5-2-6-13-28)47-46(48-43)34-16-9-15-33-36-25-31(20-22-40(36)50-44(33)34)30-19-21-39-35(24-30)32-14-7-8-17-38(32)49-39/h1-26H. The number of fused-ring (bicyclic) bond motifs is 9. The van der Waals surface area contributed by atoms with E-state index in [1.807, 2.05) is 54.6 Å². The van der Waals surface area contributed by atoms with Crippen LogP contribution in [0.25, 0.3) is 111 Å². The molecule has 4 heterocycles. The Morgan fingerprint density at radius 2 is 0.882 bits per heavy atom. The molecule has 51 heavy (non-hydrogen) atoms. The summed E-state index contributed by atoms with van der Waals surface area (Å²) in [7, 11) is 0. The van der Waals surface area contributed by atoms with E-state index in [1.165, 1.54) is 0 Å². The number of para-hydroxylation sites is 2. The van der Waals surface area contributed by atoms with Crippen LogP contribution in [0.5, 0.6) is 0 Å². The first-order chi connectivity index (χ1) is 25.2. The van der Waals surface area contributed by atoms with Crippen molar-refractivity contribution in [2.45, 2.75) is 0 Å². The van der Waals surface area contributed by atoms with E-state index in [-0.39, 0.29) is 0 Å². The van der Waals surface area contributed by atoms with Gasteiger partial charge in [-0.2, -0.15) is 0 Å². The van der Waals surface area contributed by atoms with Crippen LogP contribution in [0.15, 0.2) is 171 Å². The van der Waals surface area contributed by atoms with Crippen molar-refractivity contribution in [1.82, 2.24) is 9.97 Å². The maximum atomic E-state index is 6.63. The predicted molar refractivity (Wildman–Crippen MR) is 206 cm³/mol. The third kappa shape index (κ3) is 4.35. The molecule has 0 saturated carbocycles. The van der Waals surface area contributed by atoms with Crippen LogP contribution in [0, 0.1) is 0 Å². The van der Waals surface area contributed by atoms with Crippen molar-refractivity contribution in [3.8, 4) is 44.9 Å². The van der Waals surface area contributed by atoms with E-state index in [0.717, 1.165) is 99.4 Å². The van der Waals surface area contributed by atoms with Crippen molar-refractivity contribution < 1.29 is 13.3 Å². The van der Waals surface area contributed by atoms with E-state index >= 15 is 0 Å². The third-order valence-electron chi connectivity index (χ3n) is 9.91. The zero-order valence-electron chi connectivity index (χ0n) is 27.1. The Bertz CT molecular complexity index is 3130. The zero-order chi connectivity index (χ0) is 33.5. The lowest BCUT2D eigenvalue weighted by molar-refractivity contribution is 0.666. The number of rotatable bonds is 4. The topological polar surface area (TPSA) is 65.2 Å². The van der Waals surface area contributed by atoms with Gasteiger partial charge >= 0.3 is 0 Å². The van der Waals surface area contributed by atoms with Gasteiger partial charge in [0, 0.05) is 32.5 Å². The highest BCUT2D eigenvalue weighted by atomic mass is 16.3. The van der Waals surface area contributed by atoms with Crippen LogP contribution in [0.1, 0.15) is 0 Å². The Kier molecular flexibility index (Phi) is 5.89. The molecule has 238 valence electrons. The van der Waals surface area contributed by atoms with Crippen LogP contribution < -0.4 is 0 Å². The Morgan fingerprint density at radius 1 is 0.333 bits per heavy atom.